The van der Waals surface area contributed by atoms with Crippen LogP contribution in [0.4, 0.5) is 0 Å². The van der Waals surface area contributed by atoms with Crippen molar-refractivity contribution in [3.05, 3.63) is 0 Å². The fraction of sp³-hybridized carbons (Fsp3) is 0.667. The van der Waals surface area contributed by atoms with Crippen molar-refractivity contribution in [1.82, 2.24) is 0 Å². The predicted molar refractivity (Wildman–Crippen MR) is 49.3 cm³/mol. The summed E-state index contributed by atoms with van der Waals surface area (Å²) < 4.78 is 4.68. The lowest BCUT2D eigenvalue weighted by Crippen LogP contribution is -2.08. The molecule has 0 rings (SSSR count). The molecular weight excluding hydrogens is 204 g/mol. The monoisotopic (exact) mass is 218 g/mol. The lowest BCUT2D eigenvalue weighted by atomic mass is 10.2. The molecule has 0 saturated carbocycles. The minimum absolute atomic E-state index is 0.0393. The van der Waals surface area contributed by atoms with Crippen LogP contribution in [0.25, 0.3) is 0 Å². The maximum Gasteiger partial charge on any atom is 0.305 e. The highest BCUT2D eigenvalue weighted by atomic mass is 16.5. The van der Waals surface area contributed by atoms with Gasteiger partial charge in [0.2, 0.25) is 0 Å². The molecule has 0 heterocycles. The summed E-state index contributed by atoms with van der Waals surface area (Å²) in [7, 11) is 0. The molecule has 0 unspecified atom stereocenters. The Morgan fingerprint density at radius 1 is 0.867 bits per heavy atom. The average Bonchev–Trinajstić information content (AvgIpc) is 2.11. The van der Waals surface area contributed by atoms with Crippen LogP contribution in [0.1, 0.15) is 32.1 Å². The lowest BCUT2D eigenvalue weighted by Gasteiger charge is -2.02. The Bertz CT molecular complexity index is 235. The van der Waals surface area contributed by atoms with E-state index in [-0.39, 0.29) is 38.7 Å². The molecule has 0 aliphatic carbocycles. The first-order valence-corrected chi connectivity index (χ1v) is 4.61. The highest BCUT2D eigenvalue weighted by molar-refractivity contribution is 5.71. The molecule has 0 spiro atoms. The van der Waals surface area contributed by atoms with Gasteiger partial charge in [0.15, 0.2) is 0 Å². The molecule has 0 fully saturated rings. The van der Waals surface area contributed by atoms with Crippen LogP contribution in [0.2, 0.25) is 0 Å². The van der Waals surface area contributed by atoms with Crippen LogP contribution < -0.4 is 0 Å². The summed E-state index contributed by atoms with van der Waals surface area (Å²) >= 11 is 0. The van der Waals surface area contributed by atoms with Crippen LogP contribution >= 0.6 is 0 Å². The number of esters is 1. The van der Waals surface area contributed by atoms with Gasteiger partial charge in [-0.2, -0.15) is 0 Å². The average molecular weight is 218 g/mol. The second-order valence-electron chi connectivity index (χ2n) is 2.97. The summed E-state index contributed by atoms with van der Waals surface area (Å²) in [5, 5.41) is 16.6. The van der Waals surface area contributed by atoms with Gasteiger partial charge in [-0.3, -0.25) is 14.4 Å². The van der Waals surface area contributed by atoms with Crippen molar-refractivity contribution < 1.29 is 29.3 Å². The number of carbonyl (C=O) groups excluding carboxylic acids is 1. The zero-order chi connectivity index (χ0) is 11.7. The first-order valence-electron chi connectivity index (χ1n) is 4.61. The van der Waals surface area contributed by atoms with Gasteiger partial charge in [0.05, 0.1) is 6.61 Å². The largest absolute Gasteiger partial charge is 0.481 e. The van der Waals surface area contributed by atoms with Crippen molar-refractivity contribution in [3.63, 3.8) is 0 Å². The van der Waals surface area contributed by atoms with Crippen LogP contribution in [0.5, 0.6) is 0 Å². The highest BCUT2D eigenvalue weighted by Crippen LogP contribution is 1.99. The molecule has 6 nitrogen and oxygen atoms in total. The topological polar surface area (TPSA) is 101 Å². The van der Waals surface area contributed by atoms with E-state index in [1.807, 2.05) is 0 Å². The fourth-order valence-corrected chi connectivity index (χ4v) is 0.866. The maximum absolute atomic E-state index is 10.9. The summed E-state index contributed by atoms with van der Waals surface area (Å²) in [6, 6.07) is 0. The molecule has 0 atom stereocenters. The van der Waals surface area contributed by atoms with Gasteiger partial charge in [-0.25, -0.2) is 0 Å². The van der Waals surface area contributed by atoms with E-state index < -0.39 is 17.9 Å². The highest BCUT2D eigenvalue weighted by Gasteiger charge is 2.05. The van der Waals surface area contributed by atoms with Gasteiger partial charge >= 0.3 is 17.9 Å². The van der Waals surface area contributed by atoms with E-state index in [0.717, 1.165) is 0 Å². The minimum Gasteiger partial charge on any atom is -0.481 e. The SMILES string of the molecule is O=C(O)CCCOC(=O)CCCC(=O)O. The maximum atomic E-state index is 10.9. The van der Waals surface area contributed by atoms with Gasteiger partial charge in [-0.15, -0.1) is 0 Å². The molecule has 6 heteroatoms. The molecule has 0 bridgehead atoms. The van der Waals surface area contributed by atoms with E-state index in [4.69, 9.17) is 10.2 Å². The van der Waals surface area contributed by atoms with E-state index in [2.05, 4.69) is 4.74 Å². The molecule has 0 saturated heterocycles. The van der Waals surface area contributed by atoms with Crippen molar-refractivity contribution in [3.8, 4) is 0 Å². The number of aliphatic carboxylic acids is 2. The van der Waals surface area contributed by atoms with Crippen LogP contribution in [-0.4, -0.2) is 34.7 Å². The molecule has 0 aromatic rings. The zero-order valence-corrected chi connectivity index (χ0v) is 8.27. The van der Waals surface area contributed by atoms with Crippen molar-refractivity contribution in [2.24, 2.45) is 0 Å². The standard InChI is InChI=1S/C9H14O6/c10-7(11)3-1-5-9(14)15-6-2-4-8(12)13/h1-6H2,(H,10,11)(H,12,13). The number of carboxylic acids is 2. The normalized spacial score (nSPS) is 9.60. The Kier molecular flexibility index (Phi) is 6.96. The van der Waals surface area contributed by atoms with Crippen molar-refractivity contribution in [1.29, 1.82) is 0 Å². The van der Waals surface area contributed by atoms with Crippen LogP contribution in [0.15, 0.2) is 0 Å². The van der Waals surface area contributed by atoms with E-state index in [1.165, 1.54) is 0 Å². The molecule has 0 aromatic carbocycles. The van der Waals surface area contributed by atoms with Crippen LogP contribution in [0, 0.1) is 0 Å². The Labute approximate surface area is 86.8 Å². The summed E-state index contributed by atoms with van der Waals surface area (Å²) in [5.41, 5.74) is 0. The second kappa shape index (κ2) is 7.78. The predicted octanol–water partition coefficient (Wildman–Crippen LogP) is 0.649. The molecule has 0 aliphatic heterocycles. The smallest absolute Gasteiger partial charge is 0.305 e. The molecule has 0 aliphatic rings. The van der Waals surface area contributed by atoms with Crippen LogP contribution in [0.3, 0.4) is 0 Å². The summed E-state index contributed by atoms with van der Waals surface area (Å²) in [6.07, 6.45) is 0.471. The van der Waals surface area contributed by atoms with E-state index in [1.54, 1.807) is 0 Å². The van der Waals surface area contributed by atoms with E-state index in [9.17, 15) is 14.4 Å². The molecule has 15 heavy (non-hydrogen) atoms. The quantitative estimate of drug-likeness (QED) is 0.458. The van der Waals surface area contributed by atoms with Gasteiger partial charge < -0.3 is 14.9 Å². The first kappa shape index (κ1) is 13.4. The van der Waals surface area contributed by atoms with Gasteiger partial charge in [0, 0.05) is 19.3 Å². The number of hydrogen-bond donors (Lipinski definition) is 2. The summed E-state index contributed by atoms with van der Waals surface area (Å²) in [6.45, 7) is 0.0677. The Morgan fingerprint density at radius 3 is 1.93 bits per heavy atom. The van der Waals surface area contributed by atoms with Crippen LogP contribution in [-0.2, 0) is 19.1 Å². The number of ether oxygens (including phenoxy) is 1. The molecule has 86 valence electrons. The van der Waals surface area contributed by atoms with E-state index >= 15 is 0 Å². The number of carbonyl (C=O) groups is 3. The van der Waals surface area contributed by atoms with Crippen molar-refractivity contribution in [2.75, 3.05) is 6.61 Å². The van der Waals surface area contributed by atoms with Gasteiger partial charge in [-0.05, 0) is 12.8 Å². The Balaban J connectivity index is 3.33. The molecule has 0 aromatic heterocycles. The summed E-state index contributed by atoms with van der Waals surface area (Å²) in [4.78, 5) is 31.1. The molecule has 2 N–H and O–H groups in total. The molecule has 0 radical (unpaired) electrons. The van der Waals surface area contributed by atoms with E-state index in [0.29, 0.717) is 0 Å². The third-order valence-electron chi connectivity index (χ3n) is 1.57. The third-order valence-corrected chi connectivity index (χ3v) is 1.57. The Morgan fingerprint density at radius 2 is 1.40 bits per heavy atom. The van der Waals surface area contributed by atoms with Gasteiger partial charge in [0.25, 0.3) is 0 Å². The van der Waals surface area contributed by atoms with Crippen molar-refractivity contribution >= 4 is 17.9 Å². The lowest BCUT2D eigenvalue weighted by molar-refractivity contribution is -0.146. The van der Waals surface area contributed by atoms with Crippen molar-refractivity contribution in [2.45, 2.75) is 32.1 Å². The number of hydrogen-bond acceptors (Lipinski definition) is 4. The summed E-state index contributed by atoms with van der Waals surface area (Å²) in [5.74, 6) is -2.37. The second-order valence-corrected chi connectivity index (χ2v) is 2.97. The fourth-order valence-electron chi connectivity index (χ4n) is 0.866. The van der Waals surface area contributed by atoms with Gasteiger partial charge in [-0.1, -0.05) is 0 Å². The number of rotatable bonds is 8. The number of carboxylic acid groups (broad SMARTS) is 2. The van der Waals surface area contributed by atoms with Gasteiger partial charge in [0.1, 0.15) is 0 Å². The first-order chi connectivity index (χ1) is 7.02. The third kappa shape index (κ3) is 10.3. The Hall–Kier alpha value is -1.59. The minimum atomic E-state index is -0.950. The molecular formula is C9H14O6. The zero-order valence-electron chi connectivity index (χ0n) is 8.27. The molecule has 0 amide bonds.